The van der Waals surface area contributed by atoms with Gasteiger partial charge in [-0.2, -0.15) is 0 Å². The Morgan fingerprint density at radius 2 is 2.12 bits per heavy atom. The Hall–Kier alpha value is -1.91. The normalized spacial score (nSPS) is 11.9. The summed E-state index contributed by atoms with van der Waals surface area (Å²) in [6.07, 6.45) is 0. The van der Waals surface area contributed by atoms with Crippen LogP contribution < -0.4 is 0 Å². The summed E-state index contributed by atoms with van der Waals surface area (Å²) in [7, 11) is 0. The number of esters is 1. The predicted octanol–water partition coefficient (Wildman–Crippen LogP) is 2.26. The highest BCUT2D eigenvalue weighted by molar-refractivity contribution is 5.79. The lowest BCUT2D eigenvalue weighted by molar-refractivity contribution is -0.385. The molecule has 86 valence electrons. The molecule has 0 saturated carbocycles. The molecular weight excluding hydrogens is 210 g/mol. The van der Waals surface area contributed by atoms with E-state index in [2.05, 4.69) is 0 Å². The molecule has 0 aromatic heterocycles. The van der Waals surface area contributed by atoms with E-state index in [4.69, 9.17) is 4.74 Å². The van der Waals surface area contributed by atoms with Crippen molar-refractivity contribution in [3.05, 3.63) is 39.9 Å². The third-order valence-corrected chi connectivity index (χ3v) is 2.24. The number of carbonyl (C=O) groups excluding carboxylic acids is 1. The number of nitro groups is 1. The van der Waals surface area contributed by atoms with E-state index in [9.17, 15) is 14.9 Å². The van der Waals surface area contributed by atoms with Crippen molar-refractivity contribution in [2.45, 2.75) is 19.8 Å². The number of carbonyl (C=O) groups is 1. The molecule has 1 aromatic rings. The highest BCUT2D eigenvalue weighted by Gasteiger charge is 2.24. The first kappa shape index (κ1) is 12.2. The third-order valence-electron chi connectivity index (χ3n) is 2.24. The topological polar surface area (TPSA) is 69.4 Å². The molecule has 0 bridgehead atoms. The predicted molar refractivity (Wildman–Crippen MR) is 58.1 cm³/mol. The van der Waals surface area contributed by atoms with Gasteiger partial charge in [0.1, 0.15) is 0 Å². The quantitative estimate of drug-likeness (QED) is 0.446. The molecule has 1 rings (SSSR count). The molecule has 0 spiro atoms. The number of hydrogen-bond donors (Lipinski definition) is 0. The van der Waals surface area contributed by atoms with Crippen LogP contribution in [0, 0.1) is 10.1 Å². The van der Waals surface area contributed by atoms with Crippen molar-refractivity contribution in [1.29, 1.82) is 0 Å². The first-order valence-corrected chi connectivity index (χ1v) is 4.97. The molecular formula is C11H13NO4. The minimum absolute atomic E-state index is 0.0527. The van der Waals surface area contributed by atoms with Gasteiger partial charge in [0.05, 0.1) is 17.4 Å². The summed E-state index contributed by atoms with van der Waals surface area (Å²) in [6.45, 7) is 3.56. The molecule has 0 heterocycles. The molecule has 1 aromatic carbocycles. The largest absolute Gasteiger partial charge is 0.466 e. The maximum Gasteiger partial charge on any atom is 0.313 e. The van der Waals surface area contributed by atoms with Gasteiger partial charge in [0.25, 0.3) is 5.69 Å². The van der Waals surface area contributed by atoms with Crippen LogP contribution in [0.1, 0.15) is 25.3 Å². The second kappa shape index (κ2) is 5.25. The van der Waals surface area contributed by atoms with Crippen LogP contribution >= 0.6 is 0 Å². The Labute approximate surface area is 93.2 Å². The molecule has 0 N–H and O–H groups in total. The third kappa shape index (κ3) is 2.56. The molecule has 0 amide bonds. The van der Waals surface area contributed by atoms with Crippen LogP contribution in [0.4, 0.5) is 5.69 Å². The second-order valence-electron chi connectivity index (χ2n) is 3.29. The van der Waals surface area contributed by atoms with Crippen LogP contribution in [0.2, 0.25) is 0 Å². The van der Waals surface area contributed by atoms with Crippen molar-refractivity contribution in [1.82, 2.24) is 0 Å². The summed E-state index contributed by atoms with van der Waals surface area (Å²) in [5.74, 6) is -1.07. The number of rotatable bonds is 4. The van der Waals surface area contributed by atoms with Gasteiger partial charge in [0.2, 0.25) is 0 Å². The monoisotopic (exact) mass is 223 g/mol. The van der Waals surface area contributed by atoms with Crippen LogP contribution in [0.5, 0.6) is 0 Å². The number of nitro benzene ring substituents is 1. The standard InChI is InChI=1S/C11H13NO4/c1-3-16-11(13)8(2)9-6-4-5-7-10(9)12(14)15/h4-8H,3H2,1-2H3. The van der Waals surface area contributed by atoms with Gasteiger partial charge in [0, 0.05) is 11.6 Å². The van der Waals surface area contributed by atoms with E-state index in [-0.39, 0.29) is 12.3 Å². The van der Waals surface area contributed by atoms with E-state index < -0.39 is 16.8 Å². The molecule has 5 heteroatoms. The molecule has 0 fully saturated rings. The van der Waals surface area contributed by atoms with Crippen LogP contribution in [0.25, 0.3) is 0 Å². The number of benzene rings is 1. The van der Waals surface area contributed by atoms with Crippen LogP contribution in [-0.2, 0) is 9.53 Å². The lowest BCUT2D eigenvalue weighted by Crippen LogP contribution is -2.14. The van der Waals surface area contributed by atoms with Gasteiger partial charge in [0.15, 0.2) is 0 Å². The summed E-state index contributed by atoms with van der Waals surface area (Å²) in [4.78, 5) is 21.7. The van der Waals surface area contributed by atoms with Crippen molar-refractivity contribution in [3.63, 3.8) is 0 Å². The Morgan fingerprint density at radius 3 is 2.69 bits per heavy atom. The maximum absolute atomic E-state index is 11.5. The van der Waals surface area contributed by atoms with Gasteiger partial charge in [-0.15, -0.1) is 0 Å². The zero-order chi connectivity index (χ0) is 12.1. The Kier molecular flexibility index (Phi) is 3.99. The zero-order valence-electron chi connectivity index (χ0n) is 9.17. The molecule has 0 aliphatic carbocycles. The van der Waals surface area contributed by atoms with Gasteiger partial charge in [-0.3, -0.25) is 14.9 Å². The van der Waals surface area contributed by atoms with E-state index in [0.29, 0.717) is 5.56 Å². The molecule has 0 radical (unpaired) electrons. The van der Waals surface area contributed by atoms with Gasteiger partial charge >= 0.3 is 5.97 Å². The molecule has 1 atom stereocenters. The lowest BCUT2D eigenvalue weighted by Gasteiger charge is -2.10. The van der Waals surface area contributed by atoms with Gasteiger partial charge in [-0.05, 0) is 13.8 Å². The smallest absolute Gasteiger partial charge is 0.313 e. The summed E-state index contributed by atoms with van der Waals surface area (Å²) < 4.78 is 4.83. The lowest BCUT2D eigenvalue weighted by atomic mass is 9.99. The van der Waals surface area contributed by atoms with Crippen molar-refractivity contribution in [2.75, 3.05) is 6.61 Å². The Balaban J connectivity index is 3.03. The molecule has 0 saturated heterocycles. The van der Waals surface area contributed by atoms with Crippen LogP contribution in [0.15, 0.2) is 24.3 Å². The van der Waals surface area contributed by atoms with E-state index in [1.165, 1.54) is 6.07 Å². The van der Waals surface area contributed by atoms with Gasteiger partial charge < -0.3 is 4.74 Å². The van der Waals surface area contributed by atoms with E-state index >= 15 is 0 Å². The highest BCUT2D eigenvalue weighted by Crippen LogP contribution is 2.26. The minimum atomic E-state index is -0.624. The maximum atomic E-state index is 11.5. The molecule has 16 heavy (non-hydrogen) atoms. The number of nitrogens with zero attached hydrogens (tertiary/aromatic N) is 1. The average Bonchev–Trinajstić information content (AvgIpc) is 2.28. The fraction of sp³-hybridized carbons (Fsp3) is 0.364. The average molecular weight is 223 g/mol. The second-order valence-corrected chi connectivity index (χ2v) is 3.29. The van der Waals surface area contributed by atoms with Gasteiger partial charge in [-0.25, -0.2) is 0 Å². The SMILES string of the molecule is CCOC(=O)C(C)c1ccccc1[N+](=O)[O-]. The molecule has 1 unspecified atom stereocenters. The summed E-state index contributed by atoms with van der Waals surface area (Å²) >= 11 is 0. The van der Waals surface area contributed by atoms with Crippen LogP contribution in [-0.4, -0.2) is 17.5 Å². The first-order valence-electron chi connectivity index (χ1n) is 4.97. The Morgan fingerprint density at radius 1 is 1.50 bits per heavy atom. The van der Waals surface area contributed by atoms with E-state index in [0.717, 1.165) is 0 Å². The molecule has 0 aliphatic heterocycles. The van der Waals surface area contributed by atoms with Crippen molar-refractivity contribution in [2.24, 2.45) is 0 Å². The minimum Gasteiger partial charge on any atom is -0.466 e. The van der Waals surface area contributed by atoms with Gasteiger partial charge in [-0.1, -0.05) is 18.2 Å². The van der Waals surface area contributed by atoms with Crippen LogP contribution in [0.3, 0.4) is 0 Å². The number of para-hydroxylation sites is 1. The molecule has 0 aliphatic rings. The molecule has 5 nitrogen and oxygen atoms in total. The number of hydrogen-bond acceptors (Lipinski definition) is 4. The zero-order valence-corrected chi connectivity index (χ0v) is 9.17. The highest BCUT2D eigenvalue weighted by atomic mass is 16.6. The fourth-order valence-corrected chi connectivity index (χ4v) is 1.41. The summed E-state index contributed by atoms with van der Waals surface area (Å²) in [6, 6.07) is 6.18. The van der Waals surface area contributed by atoms with E-state index in [1.54, 1.807) is 32.0 Å². The number of ether oxygens (including phenoxy) is 1. The summed E-state index contributed by atoms with van der Waals surface area (Å²) in [5.41, 5.74) is 0.328. The van der Waals surface area contributed by atoms with E-state index in [1.807, 2.05) is 0 Å². The fourth-order valence-electron chi connectivity index (χ4n) is 1.41. The van der Waals surface area contributed by atoms with Crippen molar-refractivity contribution in [3.8, 4) is 0 Å². The van der Waals surface area contributed by atoms with Crippen molar-refractivity contribution < 1.29 is 14.5 Å². The summed E-state index contributed by atoms with van der Waals surface area (Å²) in [5, 5.41) is 10.8. The Bertz CT molecular complexity index is 403. The van der Waals surface area contributed by atoms with Crippen molar-refractivity contribution >= 4 is 11.7 Å². The first-order chi connectivity index (χ1) is 7.57.